The van der Waals surface area contributed by atoms with Crippen LogP contribution >= 0.6 is 0 Å². The van der Waals surface area contributed by atoms with E-state index in [0.29, 0.717) is 0 Å². The smallest absolute Gasteiger partial charge is 0.231 e. The topological polar surface area (TPSA) is 57.3 Å². The van der Waals surface area contributed by atoms with Crippen molar-refractivity contribution >= 4 is 5.82 Å². The van der Waals surface area contributed by atoms with Gasteiger partial charge >= 0.3 is 0 Å². The van der Waals surface area contributed by atoms with E-state index in [1.54, 1.807) is 0 Å². The SMILES string of the molecule is Cc1c(-n2ccnc2-c2ccc3c(c2)OCO3)c(N2CCCC2)nn1C. The number of anilines is 1. The Bertz CT molecular complexity index is 968. The molecule has 0 saturated carbocycles. The van der Waals surface area contributed by atoms with E-state index < -0.39 is 0 Å². The molecule has 2 aromatic heterocycles. The molecule has 0 aliphatic carbocycles. The van der Waals surface area contributed by atoms with E-state index in [1.165, 1.54) is 12.8 Å². The molecule has 5 rings (SSSR count). The van der Waals surface area contributed by atoms with Gasteiger partial charge in [-0.25, -0.2) is 4.98 Å². The average molecular weight is 351 g/mol. The highest BCUT2D eigenvalue weighted by Gasteiger charge is 2.25. The first-order valence-corrected chi connectivity index (χ1v) is 8.94. The van der Waals surface area contributed by atoms with Crippen molar-refractivity contribution in [2.45, 2.75) is 19.8 Å². The molecule has 4 heterocycles. The lowest BCUT2D eigenvalue weighted by Gasteiger charge is -2.18. The van der Waals surface area contributed by atoms with Gasteiger partial charge in [-0.15, -0.1) is 0 Å². The van der Waals surface area contributed by atoms with Crippen LogP contribution in [-0.4, -0.2) is 39.2 Å². The summed E-state index contributed by atoms with van der Waals surface area (Å²) in [5.41, 5.74) is 3.21. The van der Waals surface area contributed by atoms with Gasteiger partial charge in [0.05, 0.1) is 5.69 Å². The van der Waals surface area contributed by atoms with Gasteiger partial charge in [-0.05, 0) is 38.0 Å². The van der Waals surface area contributed by atoms with Crippen LogP contribution < -0.4 is 14.4 Å². The Kier molecular flexibility index (Phi) is 3.41. The lowest BCUT2D eigenvalue weighted by molar-refractivity contribution is 0.174. The number of benzene rings is 1. The molecular formula is C19H21N5O2. The Labute approximate surface area is 151 Å². The fourth-order valence-corrected chi connectivity index (χ4v) is 3.74. The number of rotatable bonds is 3. The average Bonchev–Trinajstić information content (AvgIpc) is 3.42. The minimum atomic E-state index is 0.272. The van der Waals surface area contributed by atoms with Gasteiger partial charge in [-0.1, -0.05) is 0 Å². The first-order valence-electron chi connectivity index (χ1n) is 8.94. The van der Waals surface area contributed by atoms with Crippen LogP contribution in [0.4, 0.5) is 5.82 Å². The maximum absolute atomic E-state index is 5.53. The lowest BCUT2D eigenvalue weighted by Crippen LogP contribution is -2.20. The van der Waals surface area contributed by atoms with Gasteiger partial charge in [-0.2, -0.15) is 5.10 Å². The molecule has 0 radical (unpaired) electrons. The summed E-state index contributed by atoms with van der Waals surface area (Å²) < 4.78 is 15.0. The fraction of sp³-hybridized carbons (Fsp3) is 0.368. The predicted octanol–water partition coefficient (Wildman–Crippen LogP) is 2.91. The molecule has 1 saturated heterocycles. The molecule has 2 aliphatic rings. The highest BCUT2D eigenvalue weighted by atomic mass is 16.7. The van der Waals surface area contributed by atoms with E-state index in [-0.39, 0.29) is 6.79 Å². The Morgan fingerprint density at radius 2 is 1.88 bits per heavy atom. The van der Waals surface area contributed by atoms with Crippen molar-refractivity contribution in [2.75, 3.05) is 24.8 Å². The molecule has 7 heteroatoms. The molecule has 1 fully saturated rings. The predicted molar refractivity (Wildman–Crippen MR) is 98.1 cm³/mol. The number of aryl methyl sites for hydroxylation is 1. The van der Waals surface area contributed by atoms with Crippen molar-refractivity contribution in [3.05, 3.63) is 36.3 Å². The Morgan fingerprint density at radius 3 is 2.73 bits per heavy atom. The third kappa shape index (κ3) is 2.27. The second kappa shape index (κ2) is 5.79. The Morgan fingerprint density at radius 1 is 1.08 bits per heavy atom. The van der Waals surface area contributed by atoms with Crippen LogP contribution in [0.3, 0.4) is 0 Å². The van der Waals surface area contributed by atoms with Gasteiger partial charge in [0.15, 0.2) is 17.3 Å². The van der Waals surface area contributed by atoms with Crippen LogP contribution in [0.2, 0.25) is 0 Å². The van der Waals surface area contributed by atoms with Gasteiger partial charge in [0.1, 0.15) is 11.5 Å². The van der Waals surface area contributed by atoms with Gasteiger partial charge in [0.25, 0.3) is 0 Å². The molecule has 2 aliphatic heterocycles. The fourth-order valence-electron chi connectivity index (χ4n) is 3.74. The maximum Gasteiger partial charge on any atom is 0.231 e. The molecule has 0 N–H and O–H groups in total. The third-order valence-corrected chi connectivity index (χ3v) is 5.20. The molecule has 3 aromatic rings. The zero-order valence-electron chi connectivity index (χ0n) is 15.0. The minimum Gasteiger partial charge on any atom is -0.454 e. The number of hydrogen-bond acceptors (Lipinski definition) is 5. The molecule has 0 atom stereocenters. The number of imidazole rings is 1. The van der Waals surface area contributed by atoms with E-state index in [1.807, 2.05) is 42.3 Å². The normalized spacial score (nSPS) is 15.8. The van der Waals surface area contributed by atoms with Crippen molar-refractivity contribution in [1.82, 2.24) is 19.3 Å². The zero-order chi connectivity index (χ0) is 17.7. The van der Waals surface area contributed by atoms with E-state index in [0.717, 1.165) is 53.2 Å². The van der Waals surface area contributed by atoms with Crippen molar-refractivity contribution in [2.24, 2.45) is 7.05 Å². The van der Waals surface area contributed by atoms with Crippen LogP contribution in [0.15, 0.2) is 30.6 Å². The molecular weight excluding hydrogens is 330 g/mol. The monoisotopic (exact) mass is 351 g/mol. The van der Waals surface area contributed by atoms with Gasteiger partial charge in [0, 0.05) is 38.1 Å². The molecule has 0 spiro atoms. The Hall–Kier alpha value is -2.96. The van der Waals surface area contributed by atoms with Crippen molar-refractivity contribution in [3.8, 4) is 28.6 Å². The van der Waals surface area contributed by atoms with E-state index in [2.05, 4.69) is 21.4 Å². The van der Waals surface area contributed by atoms with Crippen LogP contribution in [0.5, 0.6) is 11.5 Å². The molecule has 0 bridgehead atoms. The van der Waals surface area contributed by atoms with E-state index in [4.69, 9.17) is 14.6 Å². The molecule has 0 amide bonds. The summed E-state index contributed by atoms with van der Waals surface area (Å²) in [5.74, 6) is 3.45. The van der Waals surface area contributed by atoms with Gasteiger partial charge in [0.2, 0.25) is 6.79 Å². The third-order valence-electron chi connectivity index (χ3n) is 5.20. The summed E-state index contributed by atoms with van der Waals surface area (Å²) in [7, 11) is 2.00. The zero-order valence-corrected chi connectivity index (χ0v) is 15.0. The van der Waals surface area contributed by atoms with Crippen molar-refractivity contribution in [1.29, 1.82) is 0 Å². The second-order valence-electron chi connectivity index (χ2n) is 6.76. The standard InChI is InChI=1S/C19H21N5O2/c1-13-17(19(21-22(13)2)23-8-3-4-9-23)24-10-7-20-18(24)14-5-6-15-16(11-14)26-12-25-15/h5-7,10-11H,3-4,8-9,12H2,1-2H3. The van der Waals surface area contributed by atoms with Crippen LogP contribution in [-0.2, 0) is 7.05 Å². The summed E-state index contributed by atoms with van der Waals surface area (Å²) in [6, 6.07) is 5.95. The number of aromatic nitrogens is 4. The van der Waals surface area contributed by atoms with Crippen LogP contribution in [0.1, 0.15) is 18.5 Å². The number of nitrogens with zero attached hydrogens (tertiary/aromatic N) is 5. The van der Waals surface area contributed by atoms with Gasteiger partial charge < -0.3 is 14.4 Å². The quantitative estimate of drug-likeness (QED) is 0.726. The molecule has 26 heavy (non-hydrogen) atoms. The number of ether oxygens (including phenoxy) is 2. The summed E-state index contributed by atoms with van der Waals surface area (Å²) in [6.45, 7) is 4.48. The summed E-state index contributed by atoms with van der Waals surface area (Å²) >= 11 is 0. The Balaban J connectivity index is 1.64. The first-order chi connectivity index (χ1) is 12.7. The highest BCUT2D eigenvalue weighted by molar-refractivity contribution is 5.68. The largest absolute Gasteiger partial charge is 0.454 e. The number of hydrogen-bond donors (Lipinski definition) is 0. The molecule has 1 aromatic carbocycles. The summed E-state index contributed by atoms with van der Waals surface area (Å²) in [6.07, 6.45) is 6.27. The van der Waals surface area contributed by atoms with Crippen LogP contribution in [0, 0.1) is 6.92 Å². The highest BCUT2D eigenvalue weighted by Crippen LogP contribution is 2.37. The first kappa shape index (κ1) is 15.3. The lowest BCUT2D eigenvalue weighted by atomic mass is 10.2. The summed E-state index contributed by atoms with van der Waals surface area (Å²) in [4.78, 5) is 6.98. The van der Waals surface area contributed by atoms with Crippen LogP contribution in [0.25, 0.3) is 17.1 Å². The van der Waals surface area contributed by atoms with Gasteiger partial charge in [-0.3, -0.25) is 9.25 Å². The van der Waals surface area contributed by atoms with E-state index >= 15 is 0 Å². The number of fused-ring (bicyclic) bond motifs is 1. The second-order valence-corrected chi connectivity index (χ2v) is 6.76. The molecule has 7 nitrogen and oxygen atoms in total. The maximum atomic E-state index is 5.53. The molecule has 0 unspecified atom stereocenters. The van der Waals surface area contributed by atoms with Crippen molar-refractivity contribution < 1.29 is 9.47 Å². The minimum absolute atomic E-state index is 0.272. The van der Waals surface area contributed by atoms with E-state index in [9.17, 15) is 0 Å². The van der Waals surface area contributed by atoms with Crippen molar-refractivity contribution in [3.63, 3.8) is 0 Å². The summed E-state index contributed by atoms with van der Waals surface area (Å²) in [5, 5.41) is 4.79. The molecule has 134 valence electrons.